The Bertz CT molecular complexity index is 414. The molecule has 2 rings (SSSR count). The standard InChI is InChI=1S/C9H11N3S/c1-6-8(7-4-3-5-13-7)11-9(10)12(6)2/h3-5H,1-2H3,(H2,10,11). The number of nitrogens with zero attached hydrogens (tertiary/aromatic N) is 2. The molecule has 3 nitrogen and oxygen atoms in total. The van der Waals surface area contributed by atoms with Crippen LogP contribution in [0.1, 0.15) is 5.69 Å². The quantitative estimate of drug-likeness (QED) is 0.753. The van der Waals surface area contributed by atoms with Gasteiger partial charge in [-0.05, 0) is 18.4 Å². The van der Waals surface area contributed by atoms with Gasteiger partial charge in [-0.2, -0.15) is 0 Å². The molecule has 0 aliphatic heterocycles. The molecular weight excluding hydrogens is 182 g/mol. The van der Waals surface area contributed by atoms with E-state index in [1.165, 1.54) is 4.88 Å². The number of thiophene rings is 1. The number of nitrogens with two attached hydrogens (primary N) is 1. The lowest BCUT2D eigenvalue weighted by atomic mass is 10.3. The molecule has 0 fully saturated rings. The van der Waals surface area contributed by atoms with E-state index < -0.39 is 0 Å². The third-order valence-electron chi connectivity index (χ3n) is 2.17. The minimum atomic E-state index is 0.570. The molecule has 68 valence electrons. The summed E-state index contributed by atoms with van der Waals surface area (Å²) in [5.41, 5.74) is 7.81. The van der Waals surface area contributed by atoms with Gasteiger partial charge in [0.1, 0.15) is 5.69 Å². The summed E-state index contributed by atoms with van der Waals surface area (Å²) in [4.78, 5) is 5.47. The van der Waals surface area contributed by atoms with Crippen molar-refractivity contribution in [2.24, 2.45) is 7.05 Å². The van der Waals surface area contributed by atoms with Gasteiger partial charge in [0.15, 0.2) is 0 Å². The second kappa shape index (κ2) is 2.88. The summed E-state index contributed by atoms with van der Waals surface area (Å²) >= 11 is 1.68. The zero-order valence-corrected chi connectivity index (χ0v) is 8.43. The van der Waals surface area contributed by atoms with Gasteiger partial charge < -0.3 is 10.3 Å². The lowest BCUT2D eigenvalue weighted by Crippen LogP contribution is -1.97. The second-order valence-corrected chi connectivity index (χ2v) is 3.89. The van der Waals surface area contributed by atoms with Gasteiger partial charge in [-0.25, -0.2) is 4.98 Å². The Morgan fingerprint density at radius 3 is 2.77 bits per heavy atom. The fraction of sp³-hybridized carbons (Fsp3) is 0.222. The molecule has 0 unspecified atom stereocenters. The van der Waals surface area contributed by atoms with Gasteiger partial charge in [-0.15, -0.1) is 11.3 Å². The van der Waals surface area contributed by atoms with E-state index in [1.807, 2.05) is 30.0 Å². The first-order chi connectivity index (χ1) is 6.20. The zero-order chi connectivity index (χ0) is 9.42. The number of nitrogen functional groups attached to an aromatic ring is 1. The summed E-state index contributed by atoms with van der Waals surface area (Å²) in [7, 11) is 1.93. The normalized spacial score (nSPS) is 10.6. The average Bonchev–Trinajstić information content (AvgIpc) is 2.70. The predicted molar refractivity (Wildman–Crippen MR) is 55.7 cm³/mol. The first-order valence-corrected chi connectivity index (χ1v) is 4.91. The van der Waals surface area contributed by atoms with Crippen molar-refractivity contribution >= 4 is 17.3 Å². The zero-order valence-electron chi connectivity index (χ0n) is 7.61. The average molecular weight is 193 g/mol. The summed E-state index contributed by atoms with van der Waals surface area (Å²) in [6, 6.07) is 4.07. The van der Waals surface area contributed by atoms with E-state index in [0.717, 1.165) is 11.4 Å². The van der Waals surface area contributed by atoms with Gasteiger partial charge in [0.05, 0.1) is 4.88 Å². The molecule has 13 heavy (non-hydrogen) atoms. The highest BCUT2D eigenvalue weighted by molar-refractivity contribution is 7.13. The third kappa shape index (κ3) is 1.23. The Hall–Kier alpha value is -1.29. The summed E-state index contributed by atoms with van der Waals surface area (Å²) in [6.07, 6.45) is 0. The summed E-state index contributed by atoms with van der Waals surface area (Å²) in [5, 5.41) is 2.04. The molecule has 2 N–H and O–H groups in total. The Balaban J connectivity index is 2.59. The fourth-order valence-corrected chi connectivity index (χ4v) is 2.01. The molecule has 0 saturated heterocycles. The number of hydrogen-bond donors (Lipinski definition) is 1. The van der Waals surface area contributed by atoms with Crippen LogP contribution in [0.25, 0.3) is 10.6 Å². The van der Waals surface area contributed by atoms with Crippen LogP contribution in [0, 0.1) is 6.92 Å². The maximum absolute atomic E-state index is 5.70. The maximum Gasteiger partial charge on any atom is 0.200 e. The monoisotopic (exact) mass is 193 g/mol. The summed E-state index contributed by atoms with van der Waals surface area (Å²) < 4.78 is 1.90. The van der Waals surface area contributed by atoms with Gasteiger partial charge in [0.2, 0.25) is 5.95 Å². The van der Waals surface area contributed by atoms with Gasteiger partial charge >= 0.3 is 0 Å². The number of anilines is 1. The molecule has 0 saturated carbocycles. The van der Waals surface area contributed by atoms with Crippen LogP contribution in [0.5, 0.6) is 0 Å². The van der Waals surface area contributed by atoms with Crippen molar-refractivity contribution in [2.45, 2.75) is 6.92 Å². The van der Waals surface area contributed by atoms with Crippen molar-refractivity contribution in [1.29, 1.82) is 0 Å². The summed E-state index contributed by atoms with van der Waals surface area (Å²) in [6.45, 7) is 2.03. The van der Waals surface area contributed by atoms with Crippen LogP contribution in [0.2, 0.25) is 0 Å². The molecule has 0 amide bonds. The lowest BCUT2D eigenvalue weighted by molar-refractivity contribution is 0.889. The molecule has 0 aliphatic carbocycles. The Morgan fingerprint density at radius 1 is 1.54 bits per heavy atom. The van der Waals surface area contributed by atoms with Gasteiger partial charge in [-0.3, -0.25) is 0 Å². The molecular formula is C9H11N3S. The van der Waals surface area contributed by atoms with Gasteiger partial charge in [0, 0.05) is 12.7 Å². The highest BCUT2D eigenvalue weighted by atomic mass is 32.1. The van der Waals surface area contributed by atoms with Gasteiger partial charge in [0.25, 0.3) is 0 Å². The first-order valence-electron chi connectivity index (χ1n) is 4.03. The van der Waals surface area contributed by atoms with Crippen molar-refractivity contribution in [3.05, 3.63) is 23.2 Å². The fourth-order valence-electron chi connectivity index (χ4n) is 1.25. The lowest BCUT2D eigenvalue weighted by Gasteiger charge is -1.96. The van der Waals surface area contributed by atoms with E-state index in [-0.39, 0.29) is 0 Å². The minimum Gasteiger partial charge on any atom is -0.369 e. The molecule has 4 heteroatoms. The van der Waals surface area contributed by atoms with E-state index in [2.05, 4.69) is 11.1 Å². The van der Waals surface area contributed by atoms with E-state index in [1.54, 1.807) is 11.3 Å². The van der Waals surface area contributed by atoms with E-state index >= 15 is 0 Å². The molecule has 0 atom stereocenters. The second-order valence-electron chi connectivity index (χ2n) is 2.94. The van der Waals surface area contributed by atoms with Crippen molar-refractivity contribution in [3.63, 3.8) is 0 Å². The van der Waals surface area contributed by atoms with Crippen LogP contribution >= 0.6 is 11.3 Å². The topological polar surface area (TPSA) is 43.8 Å². The smallest absolute Gasteiger partial charge is 0.200 e. The van der Waals surface area contributed by atoms with Crippen LogP contribution < -0.4 is 5.73 Å². The highest BCUT2D eigenvalue weighted by Gasteiger charge is 2.10. The van der Waals surface area contributed by atoms with Crippen LogP contribution in [0.15, 0.2) is 17.5 Å². The summed E-state index contributed by atoms with van der Waals surface area (Å²) in [5.74, 6) is 0.570. The molecule has 2 aromatic heterocycles. The highest BCUT2D eigenvalue weighted by Crippen LogP contribution is 2.27. The van der Waals surface area contributed by atoms with Crippen molar-refractivity contribution < 1.29 is 0 Å². The minimum absolute atomic E-state index is 0.570. The van der Waals surface area contributed by atoms with E-state index in [9.17, 15) is 0 Å². The molecule has 0 aliphatic rings. The van der Waals surface area contributed by atoms with Crippen molar-refractivity contribution in [2.75, 3.05) is 5.73 Å². The van der Waals surface area contributed by atoms with Crippen LogP contribution in [0.4, 0.5) is 5.95 Å². The van der Waals surface area contributed by atoms with Crippen LogP contribution in [-0.4, -0.2) is 9.55 Å². The molecule has 0 bridgehead atoms. The number of aromatic nitrogens is 2. The number of imidazole rings is 1. The largest absolute Gasteiger partial charge is 0.369 e. The predicted octanol–water partition coefficient (Wildman–Crippen LogP) is 2.04. The SMILES string of the molecule is Cc1c(-c2cccs2)nc(N)n1C. The first kappa shape index (κ1) is 8.31. The van der Waals surface area contributed by atoms with Crippen LogP contribution in [-0.2, 0) is 7.05 Å². The molecule has 2 heterocycles. The Labute approximate surface area is 80.8 Å². The van der Waals surface area contributed by atoms with Gasteiger partial charge in [-0.1, -0.05) is 6.07 Å². The Kier molecular flexibility index (Phi) is 1.84. The Morgan fingerprint density at radius 2 is 2.31 bits per heavy atom. The van der Waals surface area contributed by atoms with E-state index in [0.29, 0.717) is 5.95 Å². The number of rotatable bonds is 1. The van der Waals surface area contributed by atoms with Crippen LogP contribution in [0.3, 0.4) is 0 Å². The number of hydrogen-bond acceptors (Lipinski definition) is 3. The van der Waals surface area contributed by atoms with Crippen molar-refractivity contribution in [3.8, 4) is 10.6 Å². The molecule has 0 radical (unpaired) electrons. The molecule has 0 aromatic carbocycles. The van der Waals surface area contributed by atoms with Crippen molar-refractivity contribution in [1.82, 2.24) is 9.55 Å². The third-order valence-corrected chi connectivity index (χ3v) is 3.05. The van der Waals surface area contributed by atoms with E-state index in [4.69, 9.17) is 5.73 Å². The molecule has 0 spiro atoms. The maximum atomic E-state index is 5.70. The molecule has 2 aromatic rings.